The molecule has 0 fully saturated rings. The van der Waals surface area contributed by atoms with Crippen molar-refractivity contribution in [3.63, 3.8) is 0 Å². The number of benzene rings is 3. The molecule has 3 aromatic carbocycles. The minimum absolute atomic E-state index is 0.273. The van der Waals surface area contributed by atoms with Gasteiger partial charge in [-0.2, -0.15) is 0 Å². The minimum atomic E-state index is -0.814. The highest BCUT2D eigenvalue weighted by Gasteiger charge is 2.22. The molecule has 0 spiro atoms. The summed E-state index contributed by atoms with van der Waals surface area (Å²) in [7, 11) is 0. The molecular formula is C25H23F2N. The Morgan fingerprint density at radius 2 is 1.64 bits per heavy atom. The molecule has 1 aliphatic rings. The van der Waals surface area contributed by atoms with Gasteiger partial charge in [-0.15, -0.1) is 0 Å². The highest BCUT2D eigenvalue weighted by molar-refractivity contribution is 5.87. The summed E-state index contributed by atoms with van der Waals surface area (Å²) in [6.45, 7) is 8.11. The van der Waals surface area contributed by atoms with E-state index >= 15 is 0 Å². The van der Waals surface area contributed by atoms with E-state index in [9.17, 15) is 8.78 Å². The Kier molecular flexibility index (Phi) is 4.76. The van der Waals surface area contributed by atoms with Gasteiger partial charge in [-0.1, -0.05) is 49.0 Å². The van der Waals surface area contributed by atoms with E-state index in [4.69, 9.17) is 0 Å². The molecule has 0 saturated carbocycles. The maximum Gasteiger partial charge on any atom is 0.159 e. The molecule has 1 nitrogen and oxygen atoms in total. The fourth-order valence-electron chi connectivity index (χ4n) is 3.87. The van der Waals surface area contributed by atoms with Crippen LogP contribution in [0.5, 0.6) is 0 Å². The zero-order valence-electron chi connectivity index (χ0n) is 16.2. The van der Waals surface area contributed by atoms with Crippen molar-refractivity contribution in [2.75, 3.05) is 5.32 Å². The standard InChI is InChI=1S/C25H23F2N/c1-15-13-23(26)24(27)14-22(15)19-10-7-18(8-11-19)9-12-20-5-4-6-21-16(2)17(3)28-25(20)21/h4-8,10-11,13-14,17,28H,2,9,12H2,1,3H3. The van der Waals surface area contributed by atoms with Crippen LogP contribution in [0.15, 0.2) is 61.2 Å². The Hall–Kier alpha value is -2.94. The van der Waals surface area contributed by atoms with Crippen LogP contribution in [0, 0.1) is 18.6 Å². The molecule has 1 unspecified atom stereocenters. The predicted octanol–water partition coefficient (Wildman–Crippen LogP) is 6.55. The smallest absolute Gasteiger partial charge is 0.159 e. The number of rotatable bonds is 4. The van der Waals surface area contributed by atoms with Crippen molar-refractivity contribution in [3.8, 4) is 11.1 Å². The summed E-state index contributed by atoms with van der Waals surface area (Å²) in [6.07, 6.45) is 1.84. The lowest BCUT2D eigenvalue weighted by atomic mass is 9.96. The molecule has 0 saturated heterocycles. The summed E-state index contributed by atoms with van der Waals surface area (Å²) in [5.41, 5.74) is 8.42. The van der Waals surface area contributed by atoms with Gasteiger partial charge in [-0.3, -0.25) is 0 Å². The largest absolute Gasteiger partial charge is 0.378 e. The van der Waals surface area contributed by atoms with Crippen molar-refractivity contribution < 1.29 is 8.78 Å². The number of hydrogen-bond donors (Lipinski definition) is 1. The van der Waals surface area contributed by atoms with E-state index in [1.165, 1.54) is 34.5 Å². The molecule has 1 N–H and O–H groups in total. The van der Waals surface area contributed by atoms with Crippen LogP contribution in [-0.4, -0.2) is 6.04 Å². The van der Waals surface area contributed by atoms with Gasteiger partial charge in [0.1, 0.15) is 0 Å². The first kappa shape index (κ1) is 18.4. The Labute approximate surface area is 164 Å². The van der Waals surface area contributed by atoms with Crippen molar-refractivity contribution in [2.24, 2.45) is 0 Å². The molecule has 0 amide bonds. The fraction of sp³-hybridized carbons (Fsp3) is 0.200. The zero-order chi connectivity index (χ0) is 19.8. The number of para-hydroxylation sites is 1. The predicted molar refractivity (Wildman–Crippen MR) is 112 cm³/mol. The number of aryl methyl sites for hydroxylation is 3. The van der Waals surface area contributed by atoms with Crippen LogP contribution < -0.4 is 5.32 Å². The molecular weight excluding hydrogens is 352 g/mol. The Morgan fingerprint density at radius 3 is 2.39 bits per heavy atom. The summed E-state index contributed by atoms with van der Waals surface area (Å²) in [5.74, 6) is -1.62. The fourth-order valence-corrected chi connectivity index (χ4v) is 3.87. The summed E-state index contributed by atoms with van der Waals surface area (Å²) in [6, 6.07) is 17.3. The second-order valence-corrected chi connectivity index (χ2v) is 7.51. The van der Waals surface area contributed by atoms with Crippen molar-refractivity contribution >= 4 is 11.3 Å². The van der Waals surface area contributed by atoms with E-state index in [1.807, 2.05) is 12.1 Å². The molecule has 0 aliphatic carbocycles. The SMILES string of the molecule is C=C1c2cccc(CCc3ccc(-c4cc(F)c(F)cc4C)cc3)c2NC1C. The second-order valence-electron chi connectivity index (χ2n) is 7.51. The van der Waals surface area contributed by atoms with Crippen LogP contribution in [0.4, 0.5) is 14.5 Å². The molecule has 0 radical (unpaired) electrons. The maximum atomic E-state index is 13.6. The molecule has 1 atom stereocenters. The first-order chi connectivity index (χ1) is 13.4. The van der Waals surface area contributed by atoms with Gasteiger partial charge in [0.15, 0.2) is 11.6 Å². The van der Waals surface area contributed by atoms with E-state index in [2.05, 4.69) is 49.2 Å². The van der Waals surface area contributed by atoms with Crippen molar-refractivity contribution in [1.82, 2.24) is 0 Å². The van der Waals surface area contributed by atoms with E-state index < -0.39 is 11.6 Å². The van der Waals surface area contributed by atoms with Gasteiger partial charge in [0.25, 0.3) is 0 Å². The highest BCUT2D eigenvalue weighted by atomic mass is 19.2. The van der Waals surface area contributed by atoms with E-state index in [-0.39, 0.29) is 6.04 Å². The third kappa shape index (κ3) is 3.33. The van der Waals surface area contributed by atoms with Gasteiger partial charge < -0.3 is 5.32 Å². The Balaban J connectivity index is 1.51. The number of fused-ring (bicyclic) bond motifs is 1. The molecule has 3 heteroatoms. The van der Waals surface area contributed by atoms with E-state index in [1.54, 1.807) is 6.92 Å². The first-order valence-electron chi connectivity index (χ1n) is 9.56. The maximum absolute atomic E-state index is 13.6. The zero-order valence-corrected chi connectivity index (χ0v) is 16.2. The second kappa shape index (κ2) is 7.23. The first-order valence-corrected chi connectivity index (χ1v) is 9.56. The quantitative estimate of drug-likeness (QED) is 0.545. The van der Waals surface area contributed by atoms with Crippen LogP contribution in [0.2, 0.25) is 0 Å². The highest BCUT2D eigenvalue weighted by Crippen LogP contribution is 2.37. The van der Waals surface area contributed by atoms with Gasteiger partial charge >= 0.3 is 0 Å². The lowest BCUT2D eigenvalue weighted by molar-refractivity contribution is 0.508. The number of hydrogen-bond acceptors (Lipinski definition) is 1. The Morgan fingerprint density at radius 1 is 0.929 bits per heavy atom. The summed E-state index contributed by atoms with van der Waals surface area (Å²) in [4.78, 5) is 0. The minimum Gasteiger partial charge on any atom is -0.378 e. The molecule has 3 aromatic rings. The van der Waals surface area contributed by atoms with Gasteiger partial charge in [-0.25, -0.2) is 8.78 Å². The average molecular weight is 375 g/mol. The van der Waals surface area contributed by atoms with E-state index in [0.29, 0.717) is 0 Å². The summed E-state index contributed by atoms with van der Waals surface area (Å²) < 4.78 is 27.0. The Bertz CT molecular complexity index is 1050. The van der Waals surface area contributed by atoms with Gasteiger partial charge in [0.05, 0.1) is 0 Å². The van der Waals surface area contributed by atoms with Crippen LogP contribution in [0.3, 0.4) is 0 Å². The summed E-state index contributed by atoms with van der Waals surface area (Å²) in [5, 5.41) is 3.53. The number of halogens is 2. The topological polar surface area (TPSA) is 12.0 Å². The normalized spacial score (nSPS) is 15.4. The lowest BCUT2D eigenvalue weighted by Gasteiger charge is -2.11. The van der Waals surface area contributed by atoms with Gasteiger partial charge in [0.2, 0.25) is 0 Å². The van der Waals surface area contributed by atoms with Crippen LogP contribution in [-0.2, 0) is 12.8 Å². The van der Waals surface area contributed by atoms with Gasteiger partial charge in [-0.05, 0) is 72.2 Å². The lowest BCUT2D eigenvalue weighted by Crippen LogP contribution is -2.08. The van der Waals surface area contributed by atoms with E-state index in [0.717, 1.165) is 35.1 Å². The van der Waals surface area contributed by atoms with Crippen LogP contribution >= 0.6 is 0 Å². The van der Waals surface area contributed by atoms with Crippen LogP contribution in [0.1, 0.15) is 29.2 Å². The molecule has 142 valence electrons. The van der Waals surface area contributed by atoms with Crippen molar-refractivity contribution in [1.29, 1.82) is 0 Å². The molecule has 1 aliphatic heterocycles. The van der Waals surface area contributed by atoms with Crippen molar-refractivity contribution in [2.45, 2.75) is 32.7 Å². The number of anilines is 1. The molecule has 1 heterocycles. The number of nitrogens with one attached hydrogen (secondary N) is 1. The van der Waals surface area contributed by atoms with Crippen molar-refractivity contribution in [3.05, 3.63) is 95.1 Å². The third-order valence-corrected chi connectivity index (χ3v) is 5.60. The molecule has 4 rings (SSSR count). The molecule has 0 aromatic heterocycles. The average Bonchev–Trinajstić information content (AvgIpc) is 2.98. The molecule has 28 heavy (non-hydrogen) atoms. The summed E-state index contributed by atoms with van der Waals surface area (Å²) >= 11 is 0. The molecule has 0 bridgehead atoms. The monoisotopic (exact) mass is 375 g/mol. The van der Waals surface area contributed by atoms with Crippen LogP contribution in [0.25, 0.3) is 16.7 Å². The van der Waals surface area contributed by atoms with Gasteiger partial charge in [0, 0.05) is 17.3 Å². The third-order valence-electron chi connectivity index (χ3n) is 5.60.